The lowest BCUT2D eigenvalue weighted by Crippen LogP contribution is -2.62. The van der Waals surface area contributed by atoms with Crippen LogP contribution < -0.4 is 0 Å². The van der Waals surface area contributed by atoms with Gasteiger partial charge in [0.15, 0.2) is 8.53 Å². The largest absolute Gasteiger partial charge is 0.459 e. The van der Waals surface area contributed by atoms with Crippen molar-refractivity contribution in [1.82, 2.24) is 0 Å². The molecule has 0 spiro atoms. The van der Waals surface area contributed by atoms with E-state index in [0.717, 1.165) is 35.5 Å². The second kappa shape index (κ2) is 20.9. The van der Waals surface area contributed by atoms with Gasteiger partial charge in [0, 0.05) is 57.2 Å². The Morgan fingerprint density at radius 2 is 1.34 bits per heavy atom. The Balaban J connectivity index is 0.833. The second-order valence-electron chi connectivity index (χ2n) is 15.8. The summed E-state index contributed by atoms with van der Waals surface area (Å²) in [5.74, 6) is 1.62. The van der Waals surface area contributed by atoms with Gasteiger partial charge in [-0.25, -0.2) is 9.59 Å². The molecule has 7 nitrogen and oxygen atoms in total. The summed E-state index contributed by atoms with van der Waals surface area (Å²) in [5.41, 5.74) is 3.87. The summed E-state index contributed by atoms with van der Waals surface area (Å²) in [6, 6.07) is 15.5. The van der Waals surface area contributed by atoms with Crippen LogP contribution in [0.4, 0.5) is 0 Å². The molecule has 4 aliphatic rings. The van der Waals surface area contributed by atoms with Crippen LogP contribution in [0.25, 0.3) is 0 Å². The number of unbranched alkanes of at least 4 members (excludes halogenated alkanes) is 7. The van der Waals surface area contributed by atoms with Crippen LogP contribution in [0.1, 0.15) is 123 Å². The van der Waals surface area contributed by atoms with E-state index in [9.17, 15) is 14.4 Å². The number of ether oxygens (including phenoxy) is 4. The molecule has 2 aromatic carbocycles. The Hall–Kier alpha value is -2.41. The third-order valence-electron chi connectivity index (χ3n) is 11.5. The van der Waals surface area contributed by atoms with Gasteiger partial charge in [-0.05, 0) is 63.3 Å². The van der Waals surface area contributed by atoms with Gasteiger partial charge in [-0.3, -0.25) is 4.79 Å². The van der Waals surface area contributed by atoms with E-state index in [2.05, 4.69) is 68.6 Å². The zero-order valence-corrected chi connectivity index (χ0v) is 37.6. The summed E-state index contributed by atoms with van der Waals surface area (Å²) in [6.45, 7) is 10.7. The topological polar surface area (TPSA) is 88.1 Å². The molecule has 2 aliphatic carbocycles. The molecule has 2 fully saturated rings. The van der Waals surface area contributed by atoms with Crippen LogP contribution in [-0.2, 0) is 35.2 Å². The molecule has 2 saturated heterocycles. The van der Waals surface area contributed by atoms with Gasteiger partial charge in [0.25, 0.3) is 0 Å². The van der Waals surface area contributed by atoms with Crippen molar-refractivity contribution in [2.45, 2.75) is 121 Å². The van der Waals surface area contributed by atoms with Gasteiger partial charge in [0.05, 0.1) is 5.56 Å². The first-order valence-electron chi connectivity index (χ1n) is 21.1. The fourth-order valence-corrected chi connectivity index (χ4v) is 16.0. The van der Waals surface area contributed by atoms with Crippen LogP contribution >= 0.6 is 47.0 Å². The SMILES string of the molecule is C=C(C)C(=O)OCCOC(=O)c1ccc(CSC2(OCC)SC3(CCCCCCCCCCC45C=CC(C4)C(OCC)(SCc4ccc(C=O)cc4)S5)C=CC32)cc1. The van der Waals surface area contributed by atoms with Crippen LogP contribution in [0.3, 0.4) is 0 Å². The Labute approximate surface area is 363 Å². The lowest BCUT2D eigenvalue weighted by Gasteiger charge is -2.63. The molecular weight excluding hydrogens is 805 g/mol. The maximum Gasteiger partial charge on any atom is 0.338 e. The van der Waals surface area contributed by atoms with Crippen molar-refractivity contribution in [3.05, 3.63) is 107 Å². The number of esters is 2. The van der Waals surface area contributed by atoms with E-state index in [0.29, 0.717) is 29.6 Å². The second-order valence-corrected chi connectivity index (χ2v) is 21.9. The van der Waals surface area contributed by atoms with Crippen molar-refractivity contribution in [2.24, 2.45) is 11.8 Å². The molecule has 0 saturated carbocycles. The minimum atomic E-state index is -0.492. The number of fused-ring (bicyclic) bond motifs is 3. The number of rotatable bonds is 27. The van der Waals surface area contributed by atoms with Crippen LogP contribution in [0.2, 0.25) is 0 Å². The Bertz CT molecular complexity index is 1780. The fraction of sp³-hybridized carbons (Fsp3) is 0.553. The molecule has 2 aromatic rings. The van der Waals surface area contributed by atoms with Crippen LogP contribution in [0, 0.1) is 11.8 Å². The van der Waals surface area contributed by atoms with E-state index in [1.807, 2.05) is 59.6 Å². The highest BCUT2D eigenvalue weighted by Crippen LogP contribution is 2.72. The number of carbonyl (C=O) groups excluding carboxylic acids is 3. The minimum Gasteiger partial charge on any atom is -0.459 e. The number of hydrogen-bond donors (Lipinski definition) is 0. The molecule has 6 atom stereocenters. The molecule has 2 heterocycles. The van der Waals surface area contributed by atoms with Crippen molar-refractivity contribution in [1.29, 1.82) is 0 Å². The third kappa shape index (κ3) is 10.9. The monoisotopic (exact) mass is 864 g/mol. The molecule has 6 unspecified atom stereocenters. The minimum absolute atomic E-state index is 0.000678. The number of thioether (sulfide) groups is 4. The molecule has 0 radical (unpaired) electrons. The highest BCUT2D eigenvalue weighted by Gasteiger charge is 2.67. The van der Waals surface area contributed by atoms with Crippen LogP contribution in [-0.4, -0.2) is 62.7 Å². The van der Waals surface area contributed by atoms with Crippen molar-refractivity contribution >= 4 is 65.3 Å². The molecule has 0 N–H and O–H groups in total. The number of benzene rings is 2. The molecule has 0 aromatic heterocycles. The molecule has 2 aliphatic heterocycles. The predicted octanol–water partition coefficient (Wildman–Crippen LogP) is 12.0. The van der Waals surface area contributed by atoms with E-state index in [1.54, 1.807) is 19.1 Å². The van der Waals surface area contributed by atoms with Crippen molar-refractivity contribution in [3.63, 3.8) is 0 Å². The lowest BCUT2D eigenvalue weighted by atomic mass is 9.76. The molecule has 58 heavy (non-hydrogen) atoms. The lowest BCUT2D eigenvalue weighted by molar-refractivity contribution is -0.140. The van der Waals surface area contributed by atoms with Crippen LogP contribution in [0.5, 0.6) is 0 Å². The molecule has 314 valence electrons. The standard InChI is InChI=1S/C47H60O7S4/c1-5-53-46(55-33-37-17-15-36(32-48)16-18-37)40-23-27-44(31-40,57-46)25-13-11-9-7-8-10-12-14-26-45-28-24-41(45)47(58-45,54-6-2)56-34-38-19-21-39(22-20-38)43(50)52-30-29-51-42(49)35(3)4/h15-24,27-28,32,40-41H,3,5-14,25-26,29-31,33-34H2,1-2,4H3. The van der Waals surface area contributed by atoms with Crippen molar-refractivity contribution in [2.75, 3.05) is 26.4 Å². The quantitative estimate of drug-likeness (QED) is 0.0215. The number of hydrogen-bond acceptors (Lipinski definition) is 11. The van der Waals surface area contributed by atoms with E-state index in [1.165, 1.54) is 76.2 Å². The normalized spacial score (nSPS) is 27.4. The predicted molar refractivity (Wildman–Crippen MR) is 242 cm³/mol. The average Bonchev–Trinajstić information content (AvgIpc) is 3.78. The van der Waals surface area contributed by atoms with Gasteiger partial charge in [-0.1, -0.05) is 119 Å². The molecule has 6 rings (SSSR count). The highest BCUT2D eigenvalue weighted by molar-refractivity contribution is 8.20. The first-order chi connectivity index (χ1) is 28.1. The average molecular weight is 865 g/mol. The van der Waals surface area contributed by atoms with E-state index in [-0.39, 0.29) is 31.2 Å². The summed E-state index contributed by atoms with van der Waals surface area (Å²) < 4.78 is 23.1. The molecule has 11 heteroatoms. The third-order valence-corrected chi connectivity index (χ3v) is 18.5. The summed E-state index contributed by atoms with van der Waals surface area (Å²) in [5, 5.41) is 0. The zero-order chi connectivity index (χ0) is 41.1. The van der Waals surface area contributed by atoms with Gasteiger partial charge < -0.3 is 18.9 Å². The van der Waals surface area contributed by atoms with E-state index in [4.69, 9.17) is 18.9 Å². The number of aldehydes is 1. The number of carbonyl (C=O) groups is 3. The Kier molecular flexibility index (Phi) is 16.3. The van der Waals surface area contributed by atoms with Gasteiger partial charge in [0.2, 0.25) is 0 Å². The zero-order valence-electron chi connectivity index (χ0n) is 34.4. The Morgan fingerprint density at radius 3 is 1.93 bits per heavy atom. The van der Waals surface area contributed by atoms with Crippen molar-refractivity contribution in [3.8, 4) is 0 Å². The van der Waals surface area contributed by atoms with E-state index < -0.39 is 11.9 Å². The maximum atomic E-state index is 12.4. The molecular formula is C47H60O7S4. The summed E-state index contributed by atoms with van der Waals surface area (Å²) in [4.78, 5) is 35.0. The van der Waals surface area contributed by atoms with Gasteiger partial charge in [0.1, 0.15) is 19.5 Å². The smallest absolute Gasteiger partial charge is 0.338 e. The fourth-order valence-electron chi connectivity index (χ4n) is 8.35. The first kappa shape index (κ1) is 45.1. The van der Waals surface area contributed by atoms with Crippen LogP contribution in [0.15, 0.2) is 85.0 Å². The summed E-state index contributed by atoms with van der Waals surface area (Å²) >= 11 is 7.84. The summed E-state index contributed by atoms with van der Waals surface area (Å²) in [7, 11) is 0. The maximum absolute atomic E-state index is 12.4. The van der Waals surface area contributed by atoms with Crippen molar-refractivity contribution < 1.29 is 33.3 Å². The Morgan fingerprint density at radius 1 is 0.759 bits per heavy atom. The summed E-state index contributed by atoms with van der Waals surface area (Å²) in [6.07, 6.45) is 24.6. The van der Waals surface area contributed by atoms with Gasteiger partial charge >= 0.3 is 11.9 Å². The molecule has 2 bridgehead atoms. The first-order valence-corrected chi connectivity index (χ1v) is 24.7. The van der Waals surface area contributed by atoms with Gasteiger partial charge in [-0.2, -0.15) is 0 Å². The van der Waals surface area contributed by atoms with E-state index >= 15 is 0 Å². The highest BCUT2D eigenvalue weighted by atomic mass is 32.2. The van der Waals surface area contributed by atoms with Gasteiger partial charge in [-0.15, -0.1) is 47.0 Å². The molecule has 0 amide bonds.